The average molecular weight is 488 g/mol. The number of carbonyl (C=O) groups excluding carboxylic acids is 1. The van der Waals surface area contributed by atoms with Gasteiger partial charge >= 0.3 is 139 Å². The van der Waals surface area contributed by atoms with Crippen molar-refractivity contribution in [2.45, 2.75) is 0 Å². The molecule has 3 rings (SSSR count). The van der Waals surface area contributed by atoms with E-state index < -0.39 is 29.3 Å². The fourth-order valence-electron chi connectivity index (χ4n) is 2.00. The summed E-state index contributed by atoms with van der Waals surface area (Å²) in [7, 11) is 0. The van der Waals surface area contributed by atoms with Crippen molar-refractivity contribution in [3.8, 4) is 11.3 Å². The van der Waals surface area contributed by atoms with E-state index in [4.69, 9.17) is 0 Å². The van der Waals surface area contributed by atoms with Crippen LogP contribution in [-0.2, 0) is 22.5 Å². The zero-order valence-electron chi connectivity index (χ0n) is 11.6. The molecule has 6 heteroatoms. The molecule has 1 N–H and O–H groups in total. The molecular formula is C17H10F2IrN2O+. The van der Waals surface area contributed by atoms with Crippen LogP contribution in [0.2, 0.25) is 0 Å². The molecule has 3 nitrogen and oxygen atoms in total. The summed E-state index contributed by atoms with van der Waals surface area (Å²) in [5.74, 6) is 0.532. The third-order valence-electron chi connectivity index (χ3n) is 2.98. The molecule has 116 valence electrons. The molecule has 0 bridgehead atoms. The zero-order chi connectivity index (χ0) is 16.2. The van der Waals surface area contributed by atoms with Gasteiger partial charge in [0.05, 0.1) is 0 Å². The molecule has 0 atom stereocenters. The number of benzene rings is 1. The molecular weight excluding hydrogens is 478 g/mol. The van der Waals surface area contributed by atoms with Crippen LogP contribution in [0, 0.1) is 11.6 Å². The predicted octanol–water partition coefficient (Wildman–Crippen LogP) is 2.45. The van der Waals surface area contributed by atoms with Gasteiger partial charge in [0.25, 0.3) is 0 Å². The van der Waals surface area contributed by atoms with Gasteiger partial charge in [-0.15, -0.1) is 0 Å². The number of rotatable bonds is 3. The number of aromatic nitrogens is 1. The molecule has 0 unspecified atom stereocenters. The van der Waals surface area contributed by atoms with E-state index in [0.29, 0.717) is 15.5 Å². The van der Waals surface area contributed by atoms with Crippen molar-refractivity contribution in [2.75, 3.05) is 0 Å². The van der Waals surface area contributed by atoms with Gasteiger partial charge in [-0.25, -0.2) is 0 Å². The molecule has 0 spiro atoms. The second-order valence-corrected chi connectivity index (χ2v) is 7.67. The monoisotopic (exact) mass is 489 g/mol. The van der Waals surface area contributed by atoms with Crippen LogP contribution in [0.5, 0.6) is 0 Å². The number of nitrogens with one attached hydrogen (secondary N) is 1. The number of dihydropyridines is 1. The van der Waals surface area contributed by atoms with E-state index in [1.807, 2.05) is 5.94 Å². The van der Waals surface area contributed by atoms with E-state index in [0.717, 1.165) is 10.2 Å². The summed E-state index contributed by atoms with van der Waals surface area (Å²) < 4.78 is 29.3. The first-order valence-corrected chi connectivity index (χ1v) is 8.98. The van der Waals surface area contributed by atoms with Crippen molar-refractivity contribution in [2.24, 2.45) is 0 Å². The van der Waals surface area contributed by atoms with Gasteiger partial charge in [-0.05, 0) is 0 Å². The van der Waals surface area contributed by atoms with Crippen molar-refractivity contribution in [3.63, 3.8) is 0 Å². The minimum atomic E-state index is -1.15. The predicted molar refractivity (Wildman–Crippen MR) is 78.8 cm³/mol. The summed E-state index contributed by atoms with van der Waals surface area (Å²) in [6.45, 7) is 0. The van der Waals surface area contributed by atoms with E-state index >= 15 is 0 Å². The van der Waals surface area contributed by atoms with Crippen LogP contribution in [-0.4, -0.2) is 10.9 Å². The number of hydrogen-bond donors (Lipinski definition) is 1. The number of nitrogens with zero attached hydrogens (tertiary/aromatic N) is 1. The van der Waals surface area contributed by atoms with Gasteiger partial charge in [-0.1, -0.05) is 0 Å². The quantitative estimate of drug-likeness (QED) is 0.676. The van der Waals surface area contributed by atoms with Crippen LogP contribution in [0.15, 0.2) is 64.7 Å². The molecule has 0 radical (unpaired) electrons. The van der Waals surface area contributed by atoms with Crippen molar-refractivity contribution >= 4 is 10.0 Å². The van der Waals surface area contributed by atoms with Crippen LogP contribution in [0.25, 0.3) is 11.3 Å². The van der Waals surface area contributed by atoms with Gasteiger partial charge in [0.1, 0.15) is 0 Å². The number of allylic oxidation sites excluding steroid dienone is 3. The van der Waals surface area contributed by atoms with Crippen LogP contribution in [0.4, 0.5) is 8.78 Å². The first-order chi connectivity index (χ1) is 11.2. The van der Waals surface area contributed by atoms with E-state index in [1.54, 1.807) is 42.7 Å². The molecule has 2 aromatic rings. The zero-order valence-corrected chi connectivity index (χ0v) is 14.0. The Morgan fingerprint density at radius 3 is 2.83 bits per heavy atom. The van der Waals surface area contributed by atoms with Crippen molar-refractivity contribution in [1.29, 1.82) is 0 Å². The number of halogens is 2. The Hall–Kier alpha value is -2.39. The minimum absolute atomic E-state index is 0.285. The molecule has 1 aromatic heterocycles. The molecule has 0 aliphatic carbocycles. The Morgan fingerprint density at radius 1 is 1.22 bits per heavy atom. The normalized spacial score (nSPS) is 13.5. The molecule has 0 amide bonds. The molecule has 23 heavy (non-hydrogen) atoms. The molecule has 0 fully saturated rings. The third-order valence-corrected chi connectivity index (χ3v) is 6.21. The topological polar surface area (TPSA) is 42.0 Å². The van der Waals surface area contributed by atoms with Crippen LogP contribution < -0.4 is 9.39 Å². The van der Waals surface area contributed by atoms with Gasteiger partial charge in [-0.2, -0.15) is 0 Å². The Balaban J connectivity index is 2.10. The summed E-state index contributed by atoms with van der Waals surface area (Å²) in [4.78, 5) is 15.2. The maximum atomic E-state index is 14.3. The SMILES string of the molecule is O=C=C1NC=CC=[C]1[Ir+][c]1cc(F)cc(F)c1-c1ccccn1. The fourth-order valence-corrected chi connectivity index (χ4v) is 5.11. The van der Waals surface area contributed by atoms with Gasteiger partial charge < -0.3 is 0 Å². The van der Waals surface area contributed by atoms with Crippen molar-refractivity contribution < 1.29 is 31.3 Å². The Morgan fingerprint density at radius 2 is 2.09 bits per heavy atom. The molecule has 1 aliphatic rings. The number of hydrogen-bond acceptors (Lipinski definition) is 3. The molecule has 0 saturated carbocycles. The van der Waals surface area contributed by atoms with Gasteiger partial charge in [0, 0.05) is 0 Å². The molecule has 2 heterocycles. The molecule has 0 saturated heterocycles. The summed E-state index contributed by atoms with van der Waals surface area (Å²) in [5, 5.41) is 2.80. The summed E-state index contributed by atoms with van der Waals surface area (Å²) in [6.07, 6.45) is 6.68. The molecule has 1 aromatic carbocycles. The van der Waals surface area contributed by atoms with E-state index in [1.165, 1.54) is 6.07 Å². The summed E-state index contributed by atoms with van der Waals surface area (Å²) in [5.41, 5.74) is 1.04. The Bertz CT molecular complexity index is 856. The molecule has 1 aliphatic heterocycles. The Kier molecular flexibility index (Phi) is 4.58. The van der Waals surface area contributed by atoms with Gasteiger partial charge in [0.15, 0.2) is 0 Å². The standard InChI is InChI=1S/C11H6F2N.C6H4NO.Ir/c12-8-4-5-9(10(13)7-8)11-3-1-2-6-14-11;8-5-6-3-1-2-4-7-6;/h1-4,6-7H;1-2,4,7H;/q;;+1. The van der Waals surface area contributed by atoms with Gasteiger partial charge in [0.2, 0.25) is 0 Å². The fraction of sp³-hybridized carbons (Fsp3) is 0. The Labute approximate surface area is 139 Å². The van der Waals surface area contributed by atoms with E-state index in [-0.39, 0.29) is 5.56 Å². The van der Waals surface area contributed by atoms with Crippen LogP contribution in [0.3, 0.4) is 0 Å². The van der Waals surface area contributed by atoms with Gasteiger partial charge in [-0.3, -0.25) is 0 Å². The van der Waals surface area contributed by atoms with Crippen LogP contribution >= 0.6 is 0 Å². The van der Waals surface area contributed by atoms with E-state index in [9.17, 15) is 13.6 Å². The maximum absolute atomic E-state index is 14.3. The van der Waals surface area contributed by atoms with E-state index in [2.05, 4.69) is 10.3 Å². The first kappa shape index (κ1) is 15.5. The van der Waals surface area contributed by atoms with Crippen molar-refractivity contribution in [3.05, 3.63) is 76.3 Å². The average Bonchev–Trinajstić information content (AvgIpc) is 2.55. The number of pyridine rings is 1. The summed E-state index contributed by atoms with van der Waals surface area (Å²) >= 11 is -1.15. The third kappa shape index (κ3) is 3.35. The van der Waals surface area contributed by atoms with Crippen molar-refractivity contribution in [1.82, 2.24) is 10.3 Å². The second kappa shape index (κ2) is 6.80. The first-order valence-electron chi connectivity index (χ1n) is 6.58. The van der Waals surface area contributed by atoms with Crippen LogP contribution in [0.1, 0.15) is 0 Å². The second-order valence-electron chi connectivity index (χ2n) is 4.49. The summed E-state index contributed by atoms with van der Waals surface area (Å²) in [6, 6.07) is 7.32.